The molecule has 2 fully saturated rings. The molecule has 1 saturated carbocycles. The Bertz CT molecular complexity index is 648. The first-order valence-corrected chi connectivity index (χ1v) is 8.64. The van der Waals surface area contributed by atoms with Crippen molar-refractivity contribution in [1.82, 2.24) is 0 Å². The Hall–Kier alpha value is -1.99. The van der Waals surface area contributed by atoms with Crippen LogP contribution in [-0.4, -0.2) is 51.8 Å². The van der Waals surface area contributed by atoms with Crippen LogP contribution in [0.4, 0.5) is 0 Å². The SMILES string of the molecule is C=C(C)C(=O)O[C@@H]1C[C@@](C)(O)C(=O)C[C@H](O)[C@H](C)C[C@@H]2OC(=O)C(=C)[C@@H]21. The van der Waals surface area contributed by atoms with Gasteiger partial charge in [-0.3, -0.25) is 4.79 Å². The highest BCUT2D eigenvalue weighted by atomic mass is 16.6. The molecule has 26 heavy (non-hydrogen) atoms. The number of ether oxygens (including phenoxy) is 2. The molecule has 1 aliphatic carbocycles. The largest absolute Gasteiger partial charge is 0.458 e. The molecule has 0 unspecified atom stereocenters. The fourth-order valence-corrected chi connectivity index (χ4v) is 3.43. The van der Waals surface area contributed by atoms with Crippen LogP contribution in [0.15, 0.2) is 24.3 Å². The van der Waals surface area contributed by atoms with Crippen molar-refractivity contribution in [3.05, 3.63) is 24.3 Å². The van der Waals surface area contributed by atoms with Crippen molar-refractivity contribution in [2.45, 2.75) is 63.9 Å². The van der Waals surface area contributed by atoms with Gasteiger partial charge in [-0.1, -0.05) is 20.1 Å². The Morgan fingerprint density at radius 2 is 2.00 bits per heavy atom. The van der Waals surface area contributed by atoms with Gasteiger partial charge in [0, 0.05) is 24.0 Å². The molecule has 2 rings (SSSR count). The van der Waals surface area contributed by atoms with Gasteiger partial charge in [0.25, 0.3) is 0 Å². The maximum absolute atomic E-state index is 12.4. The van der Waals surface area contributed by atoms with Crippen LogP contribution in [0.25, 0.3) is 0 Å². The zero-order valence-electron chi connectivity index (χ0n) is 15.4. The van der Waals surface area contributed by atoms with Gasteiger partial charge in [-0.05, 0) is 26.2 Å². The molecule has 0 aromatic rings. The van der Waals surface area contributed by atoms with Gasteiger partial charge in [0.2, 0.25) is 0 Å². The minimum Gasteiger partial charge on any atom is -0.458 e. The van der Waals surface area contributed by atoms with Crippen molar-refractivity contribution in [2.24, 2.45) is 11.8 Å². The first kappa shape index (κ1) is 20.3. The Morgan fingerprint density at radius 3 is 2.58 bits per heavy atom. The lowest BCUT2D eigenvalue weighted by Gasteiger charge is -2.35. The maximum atomic E-state index is 12.4. The van der Waals surface area contributed by atoms with E-state index in [-0.39, 0.29) is 36.3 Å². The van der Waals surface area contributed by atoms with Crippen molar-refractivity contribution in [1.29, 1.82) is 0 Å². The first-order chi connectivity index (χ1) is 11.9. The number of esters is 2. The predicted molar refractivity (Wildman–Crippen MR) is 91.9 cm³/mol. The maximum Gasteiger partial charge on any atom is 0.334 e. The number of ketones is 1. The van der Waals surface area contributed by atoms with Gasteiger partial charge in [0.15, 0.2) is 5.78 Å². The van der Waals surface area contributed by atoms with E-state index < -0.39 is 47.6 Å². The summed E-state index contributed by atoms with van der Waals surface area (Å²) in [5.74, 6) is -2.92. The summed E-state index contributed by atoms with van der Waals surface area (Å²) in [6.07, 6.45) is -2.80. The predicted octanol–water partition coefficient (Wildman–Crippen LogP) is 1.07. The summed E-state index contributed by atoms with van der Waals surface area (Å²) in [4.78, 5) is 36.5. The van der Waals surface area contributed by atoms with Crippen LogP contribution < -0.4 is 0 Å². The lowest BCUT2D eigenvalue weighted by molar-refractivity contribution is -0.159. The van der Waals surface area contributed by atoms with E-state index in [4.69, 9.17) is 9.47 Å². The number of rotatable bonds is 2. The molecule has 0 aromatic heterocycles. The average Bonchev–Trinajstić information content (AvgIpc) is 2.79. The van der Waals surface area contributed by atoms with Crippen LogP contribution in [0.1, 0.15) is 40.0 Å². The van der Waals surface area contributed by atoms with Gasteiger partial charge in [-0.2, -0.15) is 0 Å². The van der Waals surface area contributed by atoms with Crippen LogP contribution in [0.2, 0.25) is 0 Å². The summed E-state index contributed by atoms with van der Waals surface area (Å²) in [5, 5.41) is 20.9. The van der Waals surface area contributed by atoms with E-state index in [2.05, 4.69) is 13.2 Å². The van der Waals surface area contributed by atoms with Crippen molar-refractivity contribution in [3.8, 4) is 0 Å². The summed E-state index contributed by atoms with van der Waals surface area (Å²) in [6, 6.07) is 0. The van der Waals surface area contributed by atoms with Gasteiger partial charge in [-0.25, -0.2) is 9.59 Å². The second kappa shape index (κ2) is 7.32. The smallest absolute Gasteiger partial charge is 0.334 e. The van der Waals surface area contributed by atoms with E-state index in [1.807, 2.05) is 0 Å². The number of hydrogen-bond donors (Lipinski definition) is 2. The van der Waals surface area contributed by atoms with E-state index in [0.717, 1.165) is 0 Å². The minimum atomic E-state index is -1.84. The van der Waals surface area contributed by atoms with E-state index in [1.54, 1.807) is 6.92 Å². The van der Waals surface area contributed by atoms with Crippen LogP contribution in [-0.2, 0) is 23.9 Å². The molecule has 0 radical (unpaired) electrons. The molecule has 6 atom stereocenters. The lowest BCUT2D eigenvalue weighted by Crippen LogP contribution is -2.47. The highest BCUT2D eigenvalue weighted by molar-refractivity contribution is 5.92. The summed E-state index contributed by atoms with van der Waals surface area (Å²) in [6.45, 7) is 11.8. The van der Waals surface area contributed by atoms with Gasteiger partial charge in [0.05, 0.1) is 12.0 Å². The van der Waals surface area contributed by atoms with Crippen molar-refractivity contribution >= 4 is 17.7 Å². The second-order valence-corrected chi connectivity index (χ2v) is 7.60. The number of carbonyl (C=O) groups excluding carboxylic acids is 3. The zero-order valence-corrected chi connectivity index (χ0v) is 15.4. The molecule has 1 saturated heterocycles. The molecule has 0 aromatic carbocycles. The third kappa shape index (κ3) is 4.04. The van der Waals surface area contributed by atoms with E-state index >= 15 is 0 Å². The van der Waals surface area contributed by atoms with Crippen LogP contribution in [0.3, 0.4) is 0 Å². The fraction of sp³-hybridized carbons (Fsp3) is 0.632. The summed E-state index contributed by atoms with van der Waals surface area (Å²) >= 11 is 0. The van der Waals surface area contributed by atoms with Gasteiger partial charge in [0.1, 0.15) is 17.8 Å². The molecule has 2 aliphatic rings. The number of hydrogen-bond acceptors (Lipinski definition) is 7. The number of aliphatic hydroxyl groups excluding tert-OH is 1. The molecule has 7 nitrogen and oxygen atoms in total. The molecule has 0 bridgehead atoms. The van der Waals surface area contributed by atoms with Crippen molar-refractivity contribution in [3.63, 3.8) is 0 Å². The fourth-order valence-electron chi connectivity index (χ4n) is 3.43. The summed E-state index contributed by atoms with van der Waals surface area (Å²) in [7, 11) is 0. The standard InChI is InChI=1S/C19H26O7/c1-9(2)17(22)26-14-8-19(5,24)15(21)7-12(20)10(3)6-13-16(14)11(4)18(23)25-13/h10,12-14,16,20,24H,1,4,6-8H2,2-3,5H3/t10-,12+,13+,14-,16+,19-/m1/s1. The Labute approximate surface area is 152 Å². The van der Waals surface area contributed by atoms with Gasteiger partial charge in [-0.15, -0.1) is 0 Å². The van der Waals surface area contributed by atoms with Crippen LogP contribution in [0, 0.1) is 11.8 Å². The molecule has 144 valence electrons. The molecular formula is C19H26O7. The molecule has 1 heterocycles. The second-order valence-electron chi connectivity index (χ2n) is 7.60. The Kier molecular flexibility index (Phi) is 5.73. The number of carbonyl (C=O) groups is 3. The van der Waals surface area contributed by atoms with E-state index in [0.29, 0.717) is 0 Å². The third-order valence-corrected chi connectivity index (χ3v) is 5.19. The van der Waals surface area contributed by atoms with E-state index in [9.17, 15) is 24.6 Å². The van der Waals surface area contributed by atoms with Crippen molar-refractivity contribution in [2.75, 3.05) is 0 Å². The lowest BCUT2D eigenvalue weighted by atomic mass is 9.77. The summed E-state index contributed by atoms with van der Waals surface area (Å²) in [5.41, 5.74) is -1.56. The normalized spacial score (nSPS) is 38.3. The molecule has 1 aliphatic heterocycles. The van der Waals surface area contributed by atoms with E-state index in [1.165, 1.54) is 13.8 Å². The third-order valence-electron chi connectivity index (χ3n) is 5.19. The molecular weight excluding hydrogens is 340 g/mol. The molecule has 0 spiro atoms. The van der Waals surface area contributed by atoms with Crippen LogP contribution in [0.5, 0.6) is 0 Å². The average molecular weight is 366 g/mol. The summed E-state index contributed by atoms with van der Waals surface area (Å²) < 4.78 is 10.8. The molecule has 0 amide bonds. The monoisotopic (exact) mass is 366 g/mol. The minimum absolute atomic E-state index is 0.125. The number of Topliss-reactive ketones (excluding diaryl/α,β-unsaturated/α-hetero) is 1. The molecule has 2 N–H and O–H groups in total. The topological polar surface area (TPSA) is 110 Å². The van der Waals surface area contributed by atoms with Crippen molar-refractivity contribution < 1.29 is 34.1 Å². The Morgan fingerprint density at radius 1 is 1.38 bits per heavy atom. The molecule has 7 heteroatoms. The van der Waals surface area contributed by atoms with Gasteiger partial charge >= 0.3 is 11.9 Å². The Balaban J connectivity index is 2.45. The zero-order chi connectivity index (χ0) is 19.8. The van der Waals surface area contributed by atoms with Crippen LogP contribution >= 0.6 is 0 Å². The highest BCUT2D eigenvalue weighted by Gasteiger charge is 2.50. The number of aliphatic hydroxyl groups is 2. The van der Waals surface area contributed by atoms with Gasteiger partial charge < -0.3 is 19.7 Å². The first-order valence-electron chi connectivity index (χ1n) is 8.64. The quantitative estimate of drug-likeness (QED) is 0.556. The number of fused-ring (bicyclic) bond motifs is 1. The highest BCUT2D eigenvalue weighted by Crippen LogP contribution is 2.39.